The van der Waals surface area contributed by atoms with Gasteiger partial charge >= 0.3 is 0 Å². The number of halogens is 1. The highest BCUT2D eigenvalue weighted by Crippen LogP contribution is 2.36. The number of benzene rings is 2. The molecule has 0 aromatic heterocycles. The van der Waals surface area contributed by atoms with Crippen LogP contribution in [-0.4, -0.2) is 40.8 Å². The van der Waals surface area contributed by atoms with Gasteiger partial charge in [-0.3, -0.25) is 9.10 Å². The van der Waals surface area contributed by atoms with Gasteiger partial charge in [-0.05, 0) is 19.1 Å². The second-order valence-corrected chi connectivity index (χ2v) is 8.01. The van der Waals surface area contributed by atoms with E-state index >= 15 is 0 Å². The molecule has 1 N–H and O–H groups in total. The summed E-state index contributed by atoms with van der Waals surface area (Å²) in [5.74, 6) is 0.141. The molecule has 146 valence electrons. The average molecular weight is 413 g/mol. The van der Waals surface area contributed by atoms with Crippen LogP contribution in [0.25, 0.3) is 0 Å². The first-order valence-corrected chi connectivity index (χ1v) is 10.2. The predicted octanol–water partition coefficient (Wildman–Crippen LogP) is 3.15. The Bertz CT molecular complexity index is 919. The van der Waals surface area contributed by atoms with E-state index < -0.39 is 22.0 Å². The van der Waals surface area contributed by atoms with Crippen LogP contribution in [0.2, 0.25) is 5.02 Å². The molecule has 0 aliphatic heterocycles. The Morgan fingerprint density at radius 3 is 2.22 bits per heavy atom. The van der Waals surface area contributed by atoms with E-state index in [9.17, 15) is 13.2 Å². The first-order valence-electron chi connectivity index (χ1n) is 7.96. The van der Waals surface area contributed by atoms with Crippen LogP contribution in [0.15, 0.2) is 42.5 Å². The summed E-state index contributed by atoms with van der Waals surface area (Å²) < 4.78 is 36.0. The van der Waals surface area contributed by atoms with Crippen LogP contribution >= 0.6 is 11.6 Å². The smallest absolute Gasteiger partial charge is 0.248 e. The molecule has 9 heteroatoms. The number of carbonyl (C=O) groups excluding carboxylic acids is 1. The monoisotopic (exact) mass is 412 g/mol. The van der Waals surface area contributed by atoms with E-state index in [1.165, 1.54) is 33.3 Å². The number of hydrogen-bond acceptors (Lipinski definition) is 5. The molecule has 2 aromatic rings. The number of anilines is 2. The Hall–Kier alpha value is -2.45. The molecule has 0 spiro atoms. The summed E-state index contributed by atoms with van der Waals surface area (Å²) in [5.41, 5.74) is 0.709. The lowest BCUT2D eigenvalue weighted by Crippen LogP contribution is -2.45. The third kappa shape index (κ3) is 4.84. The number of nitrogens with zero attached hydrogens (tertiary/aromatic N) is 1. The Morgan fingerprint density at radius 1 is 1.11 bits per heavy atom. The maximum absolute atomic E-state index is 12.8. The number of hydrogen-bond donors (Lipinski definition) is 1. The van der Waals surface area contributed by atoms with Gasteiger partial charge in [0.1, 0.15) is 17.5 Å². The largest absolute Gasteiger partial charge is 0.495 e. The van der Waals surface area contributed by atoms with Crippen molar-refractivity contribution in [2.45, 2.75) is 13.0 Å². The van der Waals surface area contributed by atoms with Gasteiger partial charge in [-0.2, -0.15) is 0 Å². The molecule has 0 saturated carbocycles. The van der Waals surface area contributed by atoms with Gasteiger partial charge in [-0.1, -0.05) is 29.8 Å². The van der Waals surface area contributed by atoms with Crippen molar-refractivity contribution >= 4 is 38.9 Å². The molecule has 7 nitrogen and oxygen atoms in total. The van der Waals surface area contributed by atoms with Crippen molar-refractivity contribution in [1.82, 2.24) is 0 Å². The van der Waals surface area contributed by atoms with Crippen LogP contribution in [0.4, 0.5) is 11.4 Å². The lowest BCUT2D eigenvalue weighted by atomic mass is 10.2. The molecule has 27 heavy (non-hydrogen) atoms. The molecule has 0 saturated heterocycles. The maximum Gasteiger partial charge on any atom is 0.248 e. The number of carbonyl (C=O) groups is 1. The highest BCUT2D eigenvalue weighted by atomic mass is 35.5. The molecule has 0 unspecified atom stereocenters. The Labute approximate surface area is 163 Å². The zero-order valence-corrected chi connectivity index (χ0v) is 17.0. The fourth-order valence-electron chi connectivity index (χ4n) is 2.58. The summed E-state index contributed by atoms with van der Waals surface area (Å²) >= 11 is 6.06. The lowest BCUT2D eigenvalue weighted by molar-refractivity contribution is -0.116. The van der Waals surface area contributed by atoms with Crippen LogP contribution in [0.5, 0.6) is 11.5 Å². The molecular formula is C18H21ClN2O5S. The van der Waals surface area contributed by atoms with Crippen molar-refractivity contribution in [3.05, 3.63) is 47.5 Å². The Kier molecular flexibility index (Phi) is 6.56. The fourth-order valence-corrected chi connectivity index (χ4v) is 3.98. The molecule has 0 radical (unpaired) electrons. The molecule has 1 amide bonds. The number of methoxy groups -OCH3 is 2. The second-order valence-electron chi connectivity index (χ2n) is 5.75. The van der Waals surface area contributed by atoms with Gasteiger partial charge in [0.05, 0.1) is 36.9 Å². The summed E-state index contributed by atoms with van der Waals surface area (Å²) in [7, 11) is -0.813. The molecule has 2 rings (SSSR count). The SMILES string of the molecule is COc1cc(NC(=O)[C@@H](C)N(c2ccccc2)S(C)(=O)=O)c(OC)cc1Cl. The zero-order valence-electron chi connectivity index (χ0n) is 15.4. The number of para-hydroxylation sites is 1. The molecule has 0 aliphatic carbocycles. The van der Waals surface area contributed by atoms with Crippen molar-refractivity contribution in [3.63, 3.8) is 0 Å². The minimum Gasteiger partial charge on any atom is -0.495 e. The zero-order chi connectivity index (χ0) is 20.2. The quantitative estimate of drug-likeness (QED) is 0.755. The first-order chi connectivity index (χ1) is 12.7. The van der Waals surface area contributed by atoms with E-state index in [1.54, 1.807) is 30.3 Å². The van der Waals surface area contributed by atoms with Gasteiger partial charge in [0.25, 0.3) is 0 Å². The number of rotatable bonds is 7. The normalized spacial score (nSPS) is 12.2. The highest BCUT2D eigenvalue weighted by molar-refractivity contribution is 7.92. The summed E-state index contributed by atoms with van der Waals surface area (Å²) in [6, 6.07) is 10.4. The average Bonchev–Trinajstić information content (AvgIpc) is 2.62. The van der Waals surface area contributed by atoms with Crippen molar-refractivity contribution in [3.8, 4) is 11.5 Å². The van der Waals surface area contributed by atoms with E-state index in [2.05, 4.69) is 5.32 Å². The maximum atomic E-state index is 12.8. The molecule has 0 fully saturated rings. The Balaban J connectivity index is 2.36. The number of sulfonamides is 1. The van der Waals surface area contributed by atoms with E-state index in [1.807, 2.05) is 0 Å². The van der Waals surface area contributed by atoms with Crippen molar-refractivity contribution in [1.29, 1.82) is 0 Å². The standard InChI is InChI=1S/C18H21ClN2O5S/c1-12(21(27(4,23)24)13-8-6-5-7-9-13)18(22)20-15-11-16(25-2)14(19)10-17(15)26-3/h5-12H,1-4H3,(H,20,22)/t12-/m1/s1. The first kappa shape index (κ1) is 20.9. The predicted molar refractivity (Wildman–Crippen MR) is 106 cm³/mol. The van der Waals surface area contributed by atoms with Crippen molar-refractivity contribution in [2.75, 3.05) is 30.1 Å². The van der Waals surface area contributed by atoms with Gasteiger partial charge in [0.15, 0.2) is 0 Å². The summed E-state index contributed by atoms with van der Waals surface area (Å²) in [6.07, 6.45) is 1.05. The lowest BCUT2D eigenvalue weighted by Gasteiger charge is -2.28. The van der Waals surface area contributed by atoms with Gasteiger partial charge in [-0.25, -0.2) is 8.42 Å². The highest BCUT2D eigenvalue weighted by Gasteiger charge is 2.29. The fraction of sp³-hybridized carbons (Fsp3) is 0.278. The van der Waals surface area contributed by atoms with E-state index in [-0.39, 0.29) is 0 Å². The van der Waals surface area contributed by atoms with E-state index in [0.717, 1.165) is 10.6 Å². The summed E-state index contributed by atoms with van der Waals surface area (Å²) in [5, 5.41) is 3.00. The molecule has 0 aliphatic rings. The minimum absolute atomic E-state index is 0.317. The number of ether oxygens (including phenoxy) is 2. The van der Waals surface area contributed by atoms with Crippen LogP contribution in [-0.2, 0) is 14.8 Å². The summed E-state index contributed by atoms with van der Waals surface area (Å²) in [4.78, 5) is 12.8. The molecule has 0 bridgehead atoms. The molecule has 0 heterocycles. The topological polar surface area (TPSA) is 84.9 Å². The van der Waals surface area contributed by atoms with Crippen LogP contribution in [0.3, 0.4) is 0 Å². The van der Waals surface area contributed by atoms with Gasteiger partial charge in [0.2, 0.25) is 15.9 Å². The molecule has 2 aromatic carbocycles. The number of nitrogens with one attached hydrogen (secondary N) is 1. The van der Waals surface area contributed by atoms with Crippen LogP contribution in [0.1, 0.15) is 6.92 Å². The summed E-state index contributed by atoms with van der Waals surface area (Å²) in [6.45, 7) is 1.50. The number of amides is 1. The van der Waals surface area contributed by atoms with Crippen molar-refractivity contribution < 1.29 is 22.7 Å². The molecular weight excluding hydrogens is 392 g/mol. The Morgan fingerprint density at radius 2 is 1.70 bits per heavy atom. The van der Waals surface area contributed by atoms with Gasteiger partial charge in [0, 0.05) is 12.1 Å². The van der Waals surface area contributed by atoms with E-state index in [0.29, 0.717) is 27.9 Å². The van der Waals surface area contributed by atoms with Gasteiger partial charge in [-0.15, -0.1) is 0 Å². The minimum atomic E-state index is -3.69. The second kappa shape index (κ2) is 8.49. The third-order valence-corrected chi connectivity index (χ3v) is 5.37. The van der Waals surface area contributed by atoms with Crippen LogP contribution in [0, 0.1) is 0 Å². The van der Waals surface area contributed by atoms with Gasteiger partial charge < -0.3 is 14.8 Å². The van der Waals surface area contributed by atoms with Crippen molar-refractivity contribution in [2.24, 2.45) is 0 Å². The van der Waals surface area contributed by atoms with Crippen LogP contribution < -0.4 is 19.1 Å². The molecule has 1 atom stereocenters. The van der Waals surface area contributed by atoms with E-state index in [4.69, 9.17) is 21.1 Å². The third-order valence-electron chi connectivity index (χ3n) is 3.83.